The normalized spacial score (nSPS) is 16.2. The summed E-state index contributed by atoms with van der Waals surface area (Å²) in [5.74, 6) is 0. The summed E-state index contributed by atoms with van der Waals surface area (Å²) < 4.78 is 0. The van der Waals surface area contributed by atoms with Gasteiger partial charge in [-0.25, -0.2) is 0 Å². The fourth-order valence-corrected chi connectivity index (χ4v) is 2.89. The van der Waals surface area contributed by atoms with Gasteiger partial charge >= 0.3 is 0 Å². The Morgan fingerprint density at radius 2 is 1.82 bits per heavy atom. The van der Waals surface area contributed by atoms with E-state index >= 15 is 0 Å². The van der Waals surface area contributed by atoms with E-state index in [0.717, 1.165) is 12.8 Å². The molecule has 0 N–H and O–H groups in total. The third-order valence-electron chi connectivity index (χ3n) is 3.23. The first-order valence-electron chi connectivity index (χ1n) is 5.73. The second-order valence-corrected chi connectivity index (χ2v) is 4.64. The lowest BCUT2D eigenvalue weighted by molar-refractivity contribution is 0.918. The Hall–Kier alpha value is -1.41. The van der Waals surface area contributed by atoms with Gasteiger partial charge in [-0.05, 0) is 40.6 Å². The van der Waals surface area contributed by atoms with Crippen molar-refractivity contribution in [1.82, 2.24) is 4.98 Å². The van der Waals surface area contributed by atoms with E-state index in [4.69, 9.17) is 0 Å². The second kappa shape index (κ2) is 4.46. The molecule has 0 radical (unpaired) electrons. The lowest BCUT2D eigenvalue weighted by Gasteiger charge is -2.09. The number of pyridine rings is 1. The molecule has 17 heavy (non-hydrogen) atoms. The number of benzene rings is 1. The number of fused-ring (bicyclic) bond motifs is 2. The van der Waals surface area contributed by atoms with Gasteiger partial charge in [-0.2, -0.15) is 0 Å². The minimum Gasteiger partial charge on any atom is -0.261 e. The van der Waals surface area contributed by atoms with Gasteiger partial charge in [0, 0.05) is 17.5 Å². The Bertz CT molecular complexity index is 537. The maximum Gasteiger partial charge on any atom is 0.0485 e. The molecule has 1 heterocycles. The molecule has 1 aromatic heterocycles. The number of hydrogen-bond acceptors (Lipinski definition) is 1. The SMILES string of the molecule is BrC=C1c2ccccc2CCc2ncccc21. The zero-order valence-electron chi connectivity index (χ0n) is 9.36. The minimum absolute atomic E-state index is 1.01. The van der Waals surface area contributed by atoms with E-state index in [-0.39, 0.29) is 0 Å². The molecule has 84 valence electrons. The van der Waals surface area contributed by atoms with Crippen molar-refractivity contribution in [2.45, 2.75) is 12.8 Å². The Morgan fingerprint density at radius 3 is 2.71 bits per heavy atom. The van der Waals surface area contributed by atoms with Crippen LogP contribution in [0.4, 0.5) is 0 Å². The number of aryl methyl sites for hydroxylation is 2. The smallest absolute Gasteiger partial charge is 0.0485 e. The molecule has 1 aliphatic carbocycles. The lowest BCUT2D eigenvalue weighted by atomic mass is 9.97. The highest BCUT2D eigenvalue weighted by molar-refractivity contribution is 9.11. The maximum absolute atomic E-state index is 4.50. The molecule has 0 bridgehead atoms. The molecule has 0 fully saturated rings. The van der Waals surface area contributed by atoms with Crippen molar-refractivity contribution in [2.24, 2.45) is 0 Å². The van der Waals surface area contributed by atoms with Crippen LogP contribution in [-0.4, -0.2) is 4.98 Å². The van der Waals surface area contributed by atoms with E-state index in [0.29, 0.717) is 0 Å². The molecule has 0 unspecified atom stereocenters. The summed E-state index contributed by atoms with van der Waals surface area (Å²) in [5.41, 5.74) is 6.39. The van der Waals surface area contributed by atoms with Crippen molar-refractivity contribution < 1.29 is 0 Å². The summed E-state index contributed by atoms with van der Waals surface area (Å²) >= 11 is 3.50. The molecule has 0 spiro atoms. The van der Waals surface area contributed by atoms with E-state index in [1.165, 1.54) is 28.0 Å². The Labute approximate surface area is 109 Å². The van der Waals surface area contributed by atoms with E-state index in [2.05, 4.69) is 51.2 Å². The molecular weight excluding hydrogens is 274 g/mol. The summed E-state index contributed by atoms with van der Waals surface area (Å²) in [6.07, 6.45) is 3.95. The van der Waals surface area contributed by atoms with Crippen LogP contribution >= 0.6 is 15.9 Å². The monoisotopic (exact) mass is 285 g/mol. The molecule has 0 amide bonds. The number of halogens is 1. The van der Waals surface area contributed by atoms with Crippen molar-refractivity contribution in [3.05, 3.63) is 70.0 Å². The highest BCUT2D eigenvalue weighted by Gasteiger charge is 2.17. The van der Waals surface area contributed by atoms with Gasteiger partial charge in [0.05, 0.1) is 0 Å². The average Bonchev–Trinajstić information content (AvgIpc) is 2.55. The first-order chi connectivity index (χ1) is 8.40. The highest BCUT2D eigenvalue weighted by Crippen LogP contribution is 2.32. The molecule has 1 aliphatic rings. The largest absolute Gasteiger partial charge is 0.261 e. The standard InChI is InChI=1S/C15H12BrN/c16-10-14-12-5-2-1-4-11(12)7-8-15-13(14)6-3-9-17-15/h1-6,9-10H,7-8H2. The molecule has 0 aliphatic heterocycles. The van der Waals surface area contributed by atoms with Crippen molar-refractivity contribution in [1.29, 1.82) is 0 Å². The van der Waals surface area contributed by atoms with Crippen LogP contribution < -0.4 is 0 Å². The third-order valence-corrected chi connectivity index (χ3v) is 3.69. The topological polar surface area (TPSA) is 12.9 Å². The van der Waals surface area contributed by atoms with E-state index in [1.54, 1.807) is 0 Å². The molecule has 3 rings (SSSR count). The fourth-order valence-electron chi connectivity index (χ4n) is 2.40. The van der Waals surface area contributed by atoms with E-state index < -0.39 is 0 Å². The third kappa shape index (κ3) is 1.83. The van der Waals surface area contributed by atoms with Gasteiger partial charge in [-0.1, -0.05) is 46.3 Å². The van der Waals surface area contributed by atoms with Gasteiger partial charge in [0.2, 0.25) is 0 Å². The summed E-state index contributed by atoms with van der Waals surface area (Å²) in [6.45, 7) is 0. The Balaban J connectivity index is 2.27. The summed E-state index contributed by atoms with van der Waals surface area (Å²) in [6, 6.07) is 12.7. The zero-order chi connectivity index (χ0) is 11.7. The quantitative estimate of drug-likeness (QED) is 0.714. The van der Waals surface area contributed by atoms with Gasteiger partial charge in [0.1, 0.15) is 0 Å². The van der Waals surface area contributed by atoms with E-state index in [9.17, 15) is 0 Å². The summed E-state index contributed by atoms with van der Waals surface area (Å²) in [7, 11) is 0. The highest BCUT2D eigenvalue weighted by atomic mass is 79.9. The van der Waals surface area contributed by atoms with Crippen molar-refractivity contribution in [3.8, 4) is 0 Å². The van der Waals surface area contributed by atoms with Crippen molar-refractivity contribution in [3.63, 3.8) is 0 Å². The van der Waals surface area contributed by atoms with Crippen LogP contribution in [0.15, 0.2) is 47.6 Å². The Kier molecular flexibility index (Phi) is 2.81. The fraction of sp³-hybridized carbons (Fsp3) is 0.133. The number of rotatable bonds is 0. The van der Waals surface area contributed by atoms with Crippen LogP contribution in [0.5, 0.6) is 0 Å². The van der Waals surface area contributed by atoms with E-state index in [1.807, 2.05) is 17.2 Å². The molecule has 1 aromatic carbocycles. The summed E-state index contributed by atoms with van der Waals surface area (Å²) in [4.78, 5) is 6.51. The predicted molar refractivity (Wildman–Crippen MR) is 74.1 cm³/mol. The summed E-state index contributed by atoms with van der Waals surface area (Å²) in [5, 5.41) is 0. The Morgan fingerprint density at radius 1 is 1.00 bits per heavy atom. The average molecular weight is 286 g/mol. The van der Waals surface area contributed by atoms with Crippen LogP contribution in [0.2, 0.25) is 0 Å². The second-order valence-electron chi connectivity index (χ2n) is 4.18. The first kappa shape index (κ1) is 10.7. The van der Waals surface area contributed by atoms with Crippen LogP contribution in [0, 0.1) is 0 Å². The van der Waals surface area contributed by atoms with Gasteiger partial charge in [0.25, 0.3) is 0 Å². The van der Waals surface area contributed by atoms with Crippen LogP contribution in [-0.2, 0) is 12.8 Å². The van der Waals surface area contributed by atoms with Crippen LogP contribution in [0.3, 0.4) is 0 Å². The van der Waals surface area contributed by atoms with Crippen LogP contribution in [0.25, 0.3) is 5.57 Å². The zero-order valence-corrected chi connectivity index (χ0v) is 10.9. The number of aromatic nitrogens is 1. The van der Waals surface area contributed by atoms with Crippen molar-refractivity contribution in [2.75, 3.05) is 0 Å². The number of nitrogens with zero attached hydrogens (tertiary/aromatic N) is 1. The van der Waals surface area contributed by atoms with Gasteiger partial charge in [0.15, 0.2) is 0 Å². The maximum atomic E-state index is 4.50. The van der Waals surface area contributed by atoms with Crippen molar-refractivity contribution >= 4 is 21.5 Å². The number of hydrogen-bond donors (Lipinski definition) is 0. The van der Waals surface area contributed by atoms with Gasteiger partial charge < -0.3 is 0 Å². The van der Waals surface area contributed by atoms with Crippen LogP contribution in [0.1, 0.15) is 22.4 Å². The predicted octanol–water partition coefficient (Wildman–Crippen LogP) is 3.96. The van der Waals surface area contributed by atoms with Gasteiger partial charge in [-0.3, -0.25) is 4.98 Å². The molecule has 2 heteroatoms. The minimum atomic E-state index is 1.01. The molecule has 0 atom stereocenters. The molecular formula is C15H12BrN. The lowest BCUT2D eigenvalue weighted by Crippen LogP contribution is -1.94. The molecule has 0 saturated heterocycles. The van der Waals surface area contributed by atoms with Gasteiger partial charge in [-0.15, -0.1) is 0 Å². The molecule has 1 nitrogen and oxygen atoms in total. The molecule has 0 saturated carbocycles. The molecule has 2 aromatic rings. The first-order valence-corrected chi connectivity index (χ1v) is 6.64.